The van der Waals surface area contributed by atoms with E-state index < -0.39 is 8.03 Å². The van der Waals surface area contributed by atoms with E-state index in [0.29, 0.717) is 16.8 Å². The summed E-state index contributed by atoms with van der Waals surface area (Å²) < 4.78 is 16.6. The molecule has 0 aromatic heterocycles. The highest BCUT2D eigenvalue weighted by molar-refractivity contribution is 7.47. The molecule has 0 aliphatic rings. The van der Waals surface area contributed by atoms with Crippen LogP contribution in [-0.2, 0) is 4.57 Å². The van der Waals surface area contributed by atoms with Gasteiger partial charge in [-0.3, -0.25) is 0 Å². The molecule has 0 bridgehead atoms. The molecule has 0 aliphatic carbocycles. The zero-order chi connectivity index (χ0) is 11.4. The van der Waals surface area contributed by atoms with E-state index in [2.05, 4.69) is 0 Å². The van der Waals surface area contributed by atoms with Gasteiger partial charge in [-0.2, -0.15) is 4.89 Å². The molecule has 2 aromatic carbocycles. The summed E-state index contributed by atoms with van der Waals surface area (Å²) in [6.07, 6.45) is 0. The summed E-state index contributed by atoms with van der Waals surface area (Å²) in [5, 5.41) is 0.307. The van der Waals surface area contributed by atoms with E-state index in [-0.39, 0.29) is 0 Å². The zero-order valence-corrected chi connectivity index (χ0v) is 9.30. The van der Waals surface area contributed by atoms with E-state index in [0.717, 1.165) is 0 Å². The van der Waals surface area contributed by atoms with Crippen LogP contribution in [0.3, 0.4) is 0 Å². The summed E-state index contributed by atoms with van der Waals surface area (Å²) in [6, 6.07) is 15.9. The largest absolute Gasteiger partial charge is 0.550 e. The molecule has 4 heteroatoms. The van der Waals surface area contributed by atoms with E-state index in [1.807, 2.05) is 18.2 Å². The van der Waals surface area contributed by atoms with Gasteiger partial charge in [0, 0.05) is 0 Å². The first kappa shape index (κ1) is 10.8. The fraction of sp³-hybridized carbons (Fsp3) is 0. The number of hydrogen-bond acceptors (Lipinski definition) is 2. The van der Waals surface area contributed by atoms with Gasteiger partial charge in [0.2, 0.25) is 0 Å². The Morgan fingerprint density at radius 1 is 0.938 bits per heavy atom. The van der Waals surface area contributed by atoms with Crippen molar-refractivity contribution >= 4 is 13.3 Å². The first-order chi connectivity index (χ1) is 7.77. The van der Waals surface area contributed by atoms with Crippen molar-refractivity contribution in [2.75, 3.05) is 0 Å². The SMILES string of the molecule is O=[P+](O)c1ccccc1Oc1ccccc1. The number of benzene rings is 2. The van der Waals surface area contributed by atoms with Gasteiger partial charge in [0.25, 0.3) is 5.30 Å². The van der Waals surface area contributed by atoms with Gasteiger partial charge in [0.05, 0.1) is 0 Å². The minimum Gasteiger partial charge on any atom is -0.452 e. The van der Waals surface area contributed by atoms with Gasteiger partial charge in [0.15, 0.2) is 5.75 Å². The maximum absolute atomic E-state index is 11.1. The van der Waals surface area contributed by atoms with Crippen molar-refractivity contribution in [3.05, 3.63) is 54.6 Å². The average molecular weight is 233 g/mol. The smallest absolute Gasteiger partial charge is 0.452 e. The van der Waals surface area contributed by atoms with Crippen LogP contribution in [0.15, 0.2) is 54.6 Å². The molecule has 0 saturated carbocycles. The standard InChI is InChI=1S/C12H9O3P/c13-16(14)12-9-5-4-8-11(12)15-10-6-2-1-3-7-10/h1-9H/p+1. The predicted octanol–water partition coefficient (Wildman–Crippen LogP) is 2.84. The quantitative estimate of drug-likeness (QED) is 0.829. The Morgan fingerprint density at radius 3 is 2.25 bits per heavy atom. The van der Waals surface area contributed by atoms with Crippen LogP contribution in [0.4, 0.5) is 0 Å². The lowest BCUT2D eigenvalue weighted by atomic mass is 10.3. The summed E-state index contributed by atoms with van der Waals surface area (Å²) in [6.45, 7) is 0. The normalized spacial score (nSPS) is 10.9. The molecule has 3 nitrogen and oxygen atoms in total. The second-order valence-electron chi connectivity index (χ2n) is 3.16. The molecule has 1 unspecified atom stereocenters. The van der Waals surface area contributed by atoms with Crippen molar-refractivity contribution in [2.45, 2.75) is 0 Å². The molecule has 1 N–H and O–H groups in total. The molecule has 0 aliphatic heterocycles. The summed E-state index contributed by atoms with van der Waals surface area (Å²) in [4.78, 5) is 9.11. The molecule has 2 rings (SSSR count). The van der Waals surface area contributed by atoms with Gasteiger partial charge in [-0.15, -0.1) is 0 Å². The lowest BCUT2D eigenvalue weighted by Gasteiger charge is -2.03. The van der Waals surface area contributed by atoms with Crippen LogP contribution in [0.25, 0.3) is 0 Å². The van der Waals surface area contributed by atoms with Crippen LogP contribution in [0.5, 0.6) is 11.5 Å². The van der Waals surface area contributed by atoms with Crippen molar-refractivity contribution in [3.8, 4) is 11.5 Å². The Morgan fingerprint density at radius 2 is 1.56 bits per heavy atom. The fourth-order valence-corrected chi connectivity index (χ4v) is 1.84. The number of ether oxygens (including phenoxy) is 1. The lowest BCUT2D eigenvalue weighted by Crippen LogP contribution is -2.00. The fourth-order valence-electron chi connectivity index (χ4n) is 1.32. The topological polar surface area (TPSA) is 46.5 Å². The molecule has 0 saturated heterocycles. The third-order valence-corrected chi connectivity index (χ3v) is 2.82. The van der Waals surface area contributed by atoms with Crippen molar-refractivity contribution in [1.29, 1.82) is 0 Å². The second kappa shape index (κ2) is 4.88. The maximum atomic E-state index is 11.1. The zero-order valence-electron chi connectivity index (χ0n) is 8.41. The van der Waals surface area contributed by atoms with Gasteiger partial charge in [-0.25, -0.2) is 0 Å². The Bertz CT molecular complexity index is 497. The first-order valence-electron chi connectivity index (χ1n) is 4.75. The maximum Gasteiger partial charge on any atom is 0.550 e. The van der Waals surface area contributed by atoms with Crippen LogP contribution in [-0.4, -0.2) is 4.89 Å². The van der Waals surface area contributed by atoms with E-state index in [9.17, 15) is 4.57 Å². The van der Waals surface area contributed by atoms with Crippen LogP contribution in [0.1, 0.15) is 0 Å². The van der Waals surface area contributed by atoms with E-state index in [4.69, 9.17) is 9.63 Å². The molecular weight excluding hydrogens is 223 g/mol. The van der Waals surface area contributed by atoms with E-state index in [1.165, 1.54) is 0 Å². The Hall–Kier alpha value is -1.70. The minimum absolute atomic E-state index is 0.307. The van der Waals surface area contributed by atoms with E-state index >= 15 is 0 Å². The number of hydrogen-bond donors (Lipinski definition) is 1. The second-order valence-corrected chi connectivity index (χ2v) is 4.18. The molecule has 0 radical (unpaired) electrons. The Kier molecular flexibility index (Phi) is 3.30. The molecule has 0 amide bonds. The lowest BCUT2D eigenvalue weighted by molar-refractivity contribution is 0.481. The van der Waals surface area contributed by atoms with Crippen LogP contribution in [0.2, 0.25) is 0 Å². The number of para-hydroxylation sites is 2. The molecule has 16 heavy (non-hydrogen) atoms. The predicted molar refractivity (Wildman–Crippen MR) is 62.4 cm³/mol. The molecule has 2 aromatic rings. The molecule has 0 fully saturated rings. The van der Waals surface area contributed by atoms with Crippen molar-refractivity contribution < 1.29 is 14.2 Å². The van der Waals surface area contributed by atoms with Gasteiger partial charge >= 0.3 is 8.03 Å². The molecular formula is C12H10O3P+. The van der Waals surface area contributed by atoms with Crippen LogP contribution in [0, 0.1) is 0 Å². The highest BCUT2D eigenvalue weighted by atomic mass is 31.1. The number of rotatable bonds is 3. The van der Waals surface area contributed by atoms with Crippen LogP contribution >= 0.6 is 8.03 Å². The van der Waals surface area contributed by atoms with Crippen LogP contribution < -0.4 is 10.0 Å². The van der Waals surface area contributed by atoms with E-state index in [1.54, 1.807) is 36.4 Å². The summed E-state index contributed by atoms with van der Waals surface area (Å²) in [5.74, 6) is 1.06. The molecule has 1 atom stereocenters. The highest BCUT2D eigenvalue weighted by Gasteiger charge is 2.22. The Labute approximate surface area is 94.2 Å². The van der Waals surface area contributed by atoms with Crippen molar-refractivity contribution in [2.24, 2.45) is 0 Å². The van der Waals surface area contributed by atoms with Gasteiger partial charge < -0.3 is 4.74 Å². The van der Waals surface area contributed by atoms with Gasteiger partial charge in [-0.1, -0.05) is 30.3 Å². The first-order valence-corrected chi connectivity index (χ1v) is 5.96. The summed E-state index contributed by atoms with van der Waals surface area (Å²) >= 11 is 0. The third-order valence-electron chi connectivity index (χ3n) is 2.04. The monoisotopic (exact) mass is 233 g/mol. The van der Waals surface area contributed by atoms with Gasteiger partial charge in [-0.05, 0) is 28.8 Å². The minimum atomic E-state index is -2.39. The molecule has 0 spiro atoms. The summed E-state index contributed by atoms with van der Waals surface area (Å²) in [5.41, 5.74) is 0. The average Bonchev–Trinajstić information content (AvgIpc) is 2.31. The summed E-state index contributed by atoms with van der Waals surface area (Å²) in [7, 11) is -2.39. The molecule has 0 heterocycles. The van der Waals surface area contributed by atoms with Crippen molar-refractivity contribution in [1.82, 2.24) is 0 Å². The van der Waals surface area contributed by atoms with Gasteiger partial charge in [0.1, 0.15) is 5.75 Å². The Balaban J connectivity index is 2.31. The molecule has 80 valence electrons. The van der Waals surface area contributed by atoms with Crippen molar-refractivity contribution in [3.63, 3.8) is 0 Å². The highest BCUT2D eigenvalue weighted by Crippen LogP contribution is 2.25. The third kappa shape index (κ3) is 2.45.